The fourth-order valence-electron chi connectivity index (χ4n) is 2.61. The number of carbonyl (C=O) groups is 1. The Kier molecular flexibility index (Phi) is 8.31. The first-order valence-corrected chi connectivity index (χ1v) is 11.1. The van der Waals surface area contributed by atoms with E-state index in [1.165, 1.54) is 22.5 Å². The molecular weight excluding hydrogens is 416 g/mol. The van der Waals surface area contributed by atoms with Crippen molar-refractivity contribution in [2.45, 2.75) is 25.7 Å². The van der Waals surface area contributed by atoms with Crippen molar-refractivity contribution in [1.29, 1.82) is 0 Å². The number of rotatable bonds is 10. The van der Waals surface area contributed by atoms with Crippen molar-refractivity contribution in [1.82, 2.24) is 4.31 Å². The van der Waals surface area contributed by atoms with E-state index in [1.54, 1.807) is 38.1 Å². The van der Waals surface area contributed by atoms with Gasteiger partial charge < -0.3 is 14.8 Å². The molecule has 29 heavy (non-hydrogen) atoms. The lowest BCUT2D eigenvalue weighted by Gasteiger charge is -2.19. The average molecular weight is 441 g/mol. The zero-order valence-corrected chi connectivity index (χ0v) is 18.2. The molecule has 0 aromatic heterocycles. The largest absolute Gasteiger partial charge is 0.494 e. The van der Waals surface area contributed by atoms with Gasteiger partial charge in [-0.2, -0.15) is 4.31 Å². The molecular formula is C20H25ClN2O5S. The molecule has 0 saturated heterocycles. The number of anilines is 1. The van der Waals surface area contributed by atoms with E-state index in [-0.39, 0.29) is 28.2 Å². The molecule has 1 amide bonds. The Morgan fingerprint density at radius 2 is 1.69 bits per heavy atom. The average Bonchev–Trinajstić information content (AvgIpc) is 2.69. The Morgan fingerprint density at radius 3 is 2.24 bits per heavy atom. The number of halogens is 1. The topological polar surface area (TPSA) is 84.9 Å². The molecule has 7 nitrogen and oxygen atoms in total. The number of ether oxygens (including phenoxy) is 2. The first-order chi connectivity index (χ1) is 13.8. The molecule has 0 aliphatic heterocycles. The molecule has 2 aromatic carbocycles. The van der Waals surface area contributed by atoms with Gasteiger partial charge in [0.05, 0.1) is 16.5 Å². The van der Waals surface area contributed by atoms with Gasteiger partial charge in [-0.15, -0.1) is 0 Å². The fourth-order valence-corrected chi connectivity index (χ4v) is 4.40. The van der Waals surface area contributed by atoms with Crippen LogP contribution in [-0.2, 0) is 14.8 Å². The van der Waals surface area contributed by atoms with Crippen LogP contribution < -0.4 is 14.8 Å². The van der Waals surface area contributed by atoms with Gasteiger partial charge in [-0.05, 0) is 49.4 Å². The lowest BCUT2D eigenvalue weighted by Crippen LogP contribution is -2.30. The van der Waals surface area contributed by atoms with E-state index < -0.39 is 10.0 Å². The Hall–Kier alpha value is -2.29. The quantitative estimate of drug-likeness (QED) is 0.607. The maximum atomic E-state index is 12.5. The molecule has 0 heterocycles. The van der Waals surface area contributed by atoms with Crippen molar-refractivity contribution in [3.05, 3.63) is 47.5 Å². The summed E-state index contributed by atoms with van der Waals surface area (Å²) in [6.07, 6.45) is 0. The highest BCUT2D eigenvalue weighted by Crippen LogP contribution is 2.28. The molecule has 0 atom stereocenters. The van der Waals surface area contributed by atoms with E-state index in [9.17, 15) is 13.2 Å². The van der Waals surface area contributed by atoms with Crippen LogP contribution in [0, 0.1) is 0 Å². The molecule has 0 bridgehead atoms. The standard InChI is InChI=1S/C20H25ClN2O5S/c1-4-23(5-2)29(25,26)17-11-12-19(18(21)13-17)28-14-20(24)22-15-7-9-16(10-8-15)27-6-3/h7-13H,4-6,14H2,1-3H3,(H,22,24). The van der Waals surface area contributed by atoms with Crippen LogP contribution in [0.25, 0.3) is 0 Å². The molecule has 0 fully saturated rings. The van der Waals surface area contributed by atoms with Crippen molar-refractivity contribution in [3.8, 4) is 11.5 Å². The highest BCUT2D eigenvalue weighted by atomic mass is 35.5. The number of hydrogen-bond acceptors (Lipinski definition) is 5. The van der Waals surface area contributed by atoms with Crippen molar-refractivity contribution in [2.75, 3.05) is 31.6 Å². The van der Waals surface area contributed by atoms with Gasteiger partial charge in [-0.25, -0.2) is 8.42 Å². The van der Waals surface area contributed by atoms with Crippen molar-refractivity contribution >= 4 is 33.2 Å². The number of carbonyl (C=O) groups excluding carboxylic acids is 1. The second kappa shape index (κ2) is 10.5. The van der Waals surface area contributed by atoms with E-state index in [4.69, 9.17) is 21.1 Å². The third kappa shape index (κ3) is 6.09. The van der Waals surface area contributed by atoms with Gasteiger partial charge >= 0.3 is 0 Å². The van der Waals surface area contributed by atoms with Gasteiger partial charge in [0.2, 0.25) is 10.0 Å². The molecule has 2 aromatic rings. The van der Waals surface area contributed by atoms with E-state index in [0.29, 0.717) is 31.1 Å². The third-order valence-electron chi connectivity index (χ3n) is 4.05. The van der Waals surface area contributed by atoms with Crippen molar-refractivity contribution in [3.63, 3.8) is 0 Å². The second-order valence-corrected chi connectivity index (χ2v) is 8.32. The molecule has 2 rings (SSSR count). The molecule has 0 unspecified atom stereocenters. The van der Waals surface area contributed by atoms with Crippen LogP contribution in [0.3, 0.4) is 0 Å². The van der Waals surface area contributed by atoms with E-state index in [1.807, 2.05) is 6.92 Å². The van der Waals surface area contributed by atoms with Crippen molar-refractivity contribution < 1.29 is 22.7 Å². The summed E-state index contributed by atoms with van der Waals surface area (Å²) in [5.74, 6) is 0.574. The zero-order chi connectivity index (χ0) is 21.4. The van der Waals surface area contributed by atoms with Gasteiger partial charge in [0.25, 0.3) is 5.91 Å². The minimum atomic E-state index is -3.62. The Bertz CT molecular complexity index is 928. The lowest BCUT2D eigenvalue weighted by molar-refractivity contribution is -0.118. The molecule has 9 heteroatoms. The maximum absolute atomic E-state index is 12.5. The minimum Gasteiger partial charge on any atom is -0.494 e. The Balaban J connectivity index is 1.99. The first-order valence-electron chi connectivity index (χ1n) is 9.27. The summed E-state index contributed by atoms with van der Waals surface area (Å²) in [5, 5.41) is 2.82. The predicted molar refractivity (Wildman–Crippen MR) is 113 cm³/mol. The van der Waals surface area contributed by atoms with E-state index >= 15 is 0 Å². The molecule has 0 aliphatic rings. The van der Waals surface area contributed by atoms with Gasteiger partial charge in [0, 0.05) is 18.8 Å². The van der Waals surface area contributed by atoms with Crippen LogP contribution in [0.5, 0.6) is 11.5 Å². The second-order valence-electron chi connectivity index (χ2n) is 5.98. The van der Waals surface area contributed by atoms with Crippen LogP contribution in [-0.4, -0.2) is 44.9 Å². The summed E-state index contributed by atoms with van der Waals surface area (Å²) < 4.78 is 37.2. The highest BCUT2D eigenvalue weighted by molar-refractivity contribution is 7.89. The molecule has 0 saturated carbocycles. The molecule has 1 N–H and O–H groups in total. The monoisotopic (exact) mass is 440 g/mol. The summed E-state index contributed by atoms with van der Waals surface area (Å²) in [5.41, 5.74) is 0.605. The number of hydrogen-bond donors (Lipinski definition) is 1. The molecule has 0 radical (unpaired) electrons. The summed E-state index contributed by atoms with van der Waals surface area (Å²) in [4.78, 5) is 12.2. The Morgan fingerprint density at radius 1 is 1.03 bits per heavy atom. The highest BCUT2D eigenvalue weighted by Gasteiger charge is 2.22. The van der Waals surface area contributed by atoms with Crippen LogP contribution >= 0.6 is 11.6 Å². The van der Waals surface area contributed by atoms with Crippen LogP contribution in [0.2, 0.25) is 5.02 Å². The molecule has 0 aliphatic carbocycles. The van der Waals surface area contributed by atoms with Gasteiger partial charge in [0.15, 0.2) is 6.61 Å². The first kappa shape index (κ1) is 23.0. The molecule has 0 spiro atoms. The van der Waals surface area contributed by atoms with Crippen molar-refractivity contribution in [2.24, 2.45) is 0 Å². The fraction of sp³-hybridized carbons (Fsp3) is 0.350. The lowest BCUT2D eigenvalue weighted by atomic mass is 10.3. The predicted octanol–water partition coefficient (Wildman–Crippen LogP) is 3.79. The smallest absolute Gasteiger partial charge is 0.262 e. The van der Waals surface area contributed by atoms with Gasteiger partial charge in [-0.3, -0.25) is 4.79 Å². The normalized spacial score (nSPS) is 11.3. The number of amides is 1. The number of nitrogens with zero attached hydrogens (tertiary/aromatic N) is 1. The molecule has 158 valence electrons. The third-order valence-corrected chi connectivity index (χ3v) is 6.40. The minimum absolute atomic E-state index is 0.0809. The van der Waals surface area contributed by atoms with E-state index in [0.717, 1.165) is 0 Å². The van der Waals surface area contributed by atoms with Gasteiger partial charge in [0.1, 0.15) is 11.5 Å². The van der Waals surface area contributed by atoms with Crippen LogP contribution in [0.1, 0.15) is 20.8 Å². The summed E-state index contributed by atoms with van der Waals surface area (Å²) in [6.45, 7) is 6.45. The van der Waals surface area contributed by atoms with Crippen LogP contribution in [0.15, 0.2) is 47.4 Å². The van der Waals surface area contributed by atoms with E-state index in [2.05, 4.69) is 5.32 Å². The Labute approximate surface area is 176 Å². The number of nitrogens with one attached hydrogen (secondary N) is 1. The maximum Gasteiger partial charge on any atom is 0.262 e. The SMILES string of the molecule is CCOc1ccc(NC(=O)COc2ccc(S(=O)(=O)N(CC)CC)cc2Cl)cc1. The summed E-state index contributed by atoms with van der Waals surface area (Å²) in [7, 11) is -3.62. The number of sulfonamides is 1. The van der Waals surface area contributed by atoms with Crippen LogP contribution in [0.4, 0.5) is 5.69 Å². The summed E-state index contributed by atoms with van der Waals surface area (Å²) in [6, 6.07) is 11.2. The zero-order valence-electron chi connectivity index (χ0n) is 16.6. The summed E-state index contributed by atoms with van der Waals surface area (Å²) >= 11 is 6.16. The number of benzene rings is 2. The van der Waals surface area contributed by atoms with Gasteiger partial charge in [-0.1, -0.05) is 25.4 Å².